The van der Waals surface area contributed by atoms with Crippen LogP contribution in [0.3, 0.4) is 0 Å². The molecule has 0 aliphatic heterocycles. The van der Waals surface area contributed by atoms with E-state index in [1.165, 1.54) is 11.1 Å². The topological polar surface area (TPSA) is 51.8 Å². The van der Waals surface area contributed by atoms with Crippen molar-refractivity contribution in [2.75, 3.05) is 0 Å². The van der Waals surface area contributed by atoms with Crippen LogP contribution in [0.1, 0.15) is 36.6 Å². The summed E-state index contributed by atoms with van der Waals surface area (Å²) in [6, 6.07) is 30.3. The second-order valence-corrected chi connectivity index (χ2v) is 9.09. The molecule has 37 heavy (non-hydrogen) atoms. The maximum atomic E-state index is 6.05. The number of aryl methyl sites for hydroxylation is 2. The molecule has 0 unspecified atom stereocenters. The van der Waals surface area contributed by atoms with E-state index in [4.69, 9.17) is 4.42 Å². The van der Waals surface area contributed by atoms with Crippen LogP contribution in [0.2, 0.25) is 0 Å². The van der Waals surface area contributed by atoms with Gasteiger partial charge in [-0.1, -0.05) is 48.6 Å². The Morgan fingerprint density at radius 3 is 2.32 bits per heavy atom. The van der Waals surface area contributed by atoms with Crippen LogP contribution in [0.5, 0.6) is 0 Å². The van der Waals surface area contributed by atoms with E-state index < -0.39 is 0 Å². The molecule has 0 saturated heterocycles. The fraction of sp³-hybridized carbons (Fsp3) is 0.156. The SMILES string of the molecule is CC(C)c1ccc2c(n1)oc1c(-c3ccccn3)[c-]ccc12.Cc1cnc(-c2[c-]cccc2)cc1C.[Ir]. The Balaban J connectivity index is 0.000000186. The van der Waals surface area contributed by atoms with Crippen molar-refractivity contribution in [2.45, 2.75) is 33.6 Å². The monoisotopic (exact) mass is 662 g/mol. The smallest absolute Gasteiger partial charge is 0.216 e. The predicted molar refractivity (Wildman–Crippen MR) is 146 cm³/mol. The van der Waals surface area contributed by atoms with E-state index in [1.54, 1.807) is 6.20 Å². The first-order valence-electron chi connectivity index (χ1n) is 12.1. The van der Waals surface area contributed by atoms with Gasteiger partial charge in [0.2, 0.25) is 5.71 Å². The van der Waals surface area contributed by atoms with Gasteiger partial charge in [-0.25, -0.2) is 4.98 Å². The fourth-order valence-electron chi connectivity index (χ4n) is 3.98. The van der Waals surface area contributed by atoms with Crippen molar-refractivity contribution >= 4 is 22.1 Å². The number of hydrogen-bond acceptors (Lipinski definition) is 4. The van der Waals surface area contributed by atoms with Gasteiger partial charge >= 0.3 is 0 Å². The molecule has 0 aliphatic rings. The van der Waals surface area contributed by atoms with Crippen LogP contribution in [-0.4, -0.2) is 15.0 Å². The van der Waals surface area contributed by atoms with E-state index in [9.17, 15) is 0 Å². The summed E-state index contributed by atoms with van der Waals surface area (Å²) in [7, 11) is 0. The molecule has 4 nitrogen and oxygen atoms in total. The average Bonchev–Trinajstić information content (AvgIpc) is 3.30. The van der Waals surface area contributed by atoms with E-state index in [1.807, 2.05) is 60.8 Å². The fourth-order valence-corrected chi connectivity index (χ4v) is 3.98. The maximum Gasteiger partial charge on any atom is 0.216 e. The molecule has 187 valence electrons. The minimum atomic E-state index is 0. The first-order valence-corrected chi connectivity index (χ1v) is 12.1. The van der Waals surface area contributed by atoms with Crippen LogP contribution in [0.15, 0.2) is 89.6 Å². The number of benzene rings is 2. The van der Waals surface area contributed by atoms with Crippen LogP contribution in [-0.2, 0) is 20.1 Å². The van der Waals surface area contributed by atoms with Gasteiger partial charge in [-0.3, -0.25) is 0 Å². The number of aromatic nitrogens is 3. The molecule has 4 aromatic heterocycles. The molecule has 0 bridgehead atoms. The van der Waals surface area contributed by atoms with Gasteiger partial charge in [-0.05, 0) is 54.9 Å². The van der Waals surface area contributed by atoms with Crippen LogP contribution in [0.4, 0.5) is 0 Å². The second kappa shape index (κ2) is 11.6. The van der Waals surface area contributed by atoms with Crippen LogP contribution >= 0.6 is 0 Å². The number of rotatable bonds is 3. The van der Waals surface area contributed by atoms with Crippen molar-refractivity contribution in [3.8, 4) is 22.5 Å². The zero-order valence-electron chi connectivity index (χ0n) is 21.2. The first kappa shape index (κ1) is 26.4. The Hall–Kier alpha value is -3.66. The van der Waals surface area contributed by atoms with Gasteiger partial charge in [0, 0.05) is 43.6 Å². The molecule has 0 N–H and O–H groups in total. The number of pyridine rings is 3. The van der Waals surface area contributed by atoms with E-state index in [-0.39, 0.29) is 20.1 Å². The van der Waals surface area contributed by atoms with Crippen molar-refractivity contribution in [3.05, 3.63) is 114 Å². The third kappa shape index (κ3) is 5.69. The van der Waals surface area contributed by atoms with Crippen molar-refractivity contribution in [3.63, 3.8) is 0 Å². The molecule has 2 aromatic carbocycles. The summed E-state index contributed by atoms with van der Waals surface area (Å²) in [6.07, 6.45) is 3.69. The van der Waals surface area contributed by atoms with E-state index >= 15 is 0 Å². The largest absolute Gasteiger partial charge is 0.486 e. The minimum Gasteiger partial charge on any atom is -0.486 e. The van der Waals surface area contributed by atoms with Gasteiger partial charge in [-0.15, -0.1) is 54.1 Å². The Labute approximate surface area is 231 Å². The molecule has 0 saturated carbocycles. The molecule has 6 aromatic rings. The van der Waals surface area contributed by atoms with Gasteiger partial charge in [0.1, 0.15) is 0 Å². The maximum absolute atomic E-state index is 6.05. The molecule has 0 spiro atoms. The molecule has 0 amide bonds. The van der Waals surface area contributed by atoms with Gasteiger partial charge in [0.15, 0.2) is 0 Å². The van der Waals surface area contributed by atoms with Crippen molar-refractivity contribution < 1.29 is 24.5 Å². The molecule has 4 heterocycles. The number of nitrogens with zero attached hydrogens (tertiary/aromatic N) is 3. The molecule has 0 atom stereocenters. The predicted octanol–water partition coefficient (Wildman–Crippen LogP) is 8.13. The van der Waals surface area contributed by atoms with Crippen molar-refractivity contribution in [1.29, 1.82) is 0 Å². The molecule has 0 fully saturated rings. The summed E-state index contributed by atoms with van der Waals surface area (Å²) >= 11 is 0. The van der Waals surface area contributed by atoms with Crippen LogP contribution < -0.4 is 0 Å². The number of furan rings is 1. The van der Waals surface area contributed by atoms with E-state index in [2.05, 4.69) is 73.0 Å². The summed E-state index contributed by atoms with van der Waals surface area (Å²) in [5.74, 6) is 0.374. The summed E-state index contributed by atoms with van der Waals surface area (Å²) in [4.78, 5) is 13.4. The van der Waals surface area contributed by atoms with Crippen LogP contribution in [0.25, 0.3) is 44.6 Å². The molecular formula is C32H27IrN3O-2. The van der Waals surface area contributed by atoms with E-state index in [0.717, 1.165) is 44.6 Å². The average molecular weight is 662 g/mol. The molecule has 5 heteroatoms. The number of hydrogen-bond donors (Lipinski definition) is 0. The van der Waals surface area contributed by atoms with E-state index in [0.29, 0.717) is 11.6 Å². The standard InChI is InChI=1S/C19H15N2O.C13H12N.Ir/c1-12(2)16-10-9-14-13-6-5-7-15(17-8-3-4-11-20-17)18(13)22-19(14)21-16;1-10-8-13(14-9-11(10)2)12-6-4-3-5-7-12;/h3-6,8-12H,1-2H3;3-6,8-9H,1-2H3;/q2*-1;. The van der Waals surface area contributed by atoms with Crippen LogP contribution in [0, 0.1) is 26.0 Å². The summed E-state index contributed by atoms with van der Waals surface area (Å²) < 4.78 is 6.05. The van der Waals surface area contributed by atoms with Gasteiger partial charge < -0.3 is 14.4 Å². The normalized spacial score (nSPS) is 10.7. The molecule has 0 aliphatic carbocycles. The quantitative estimate of drug-likeness (QED) is 0.180. The summed E-state index contributed by atoms with van der Waals surface area (Å²) in [6.45, 7) is 8.43. The third-order valence-electron chi connectivity index (χ3n) is 6.19. The Bertz CT molecular complexity index is 1630. The number of fused-ring (bicyclic) bond motifs is 3. The van der Waals surface area contributed by atoms with Crippen molar-refractivity contribution in [2.24, 2.45) is 0 Å². The zero-order chi connectivity index (χ0) is 25.1. The Morgan fingerprint density at radius 1 is 0.784 bits per heavy atom. The zero-order valence-corrected chi connectivity index (χ0v) is 23.6. The Morgan fingerprint density at radius 2 is 1.62 bits per heavy atom. The summed E-state index contributed by atoms with van der Waals surface area (Å²) in [5, 5.41) is 2.09. The minimum absolute atomic E-state index is 0. The molecule has 1 radical (unpaired) electrons. The van der Waals surface area contributed by atoms with Crippen molar-refractivity contribution in [1.82, 2.24) is 15.0 Å². The molecular weight excluding hydrogens is 635 g/mol. The first-order chi connectivity index (χ1) is 17.5. The Kier molecular flexibility index (Phi) is 8.27. The van der Waals surface area contributed by atoms with Gasteiger partial charge in [-0.2, -0.15) is 0 Å². The second-order valence-electron chi connectivity index (χ2n) is 9.09. The van der Waals surface area contributed by atoms with Gasteiger partial charge in [0.25, 0.3) is 0 Å². The van der Waals surface area contributed by atoms with Gasteiger partial charge in [0.05, 0.1) is 5.58 Å². The summed E-state index contributed by atoms with van der Waals surface area (Å²) in [5.41, 5.74) is 8.79. The molecule has 6 rings (SSSR count). The third-order valence-corrected chi connectivity index (χ3v) is 6.19.